The Kier molecular flexibility index (Phi) is 4.23. The van der Waals surface area contributed by atoms with E-state index in [1.54, 1.807) is 0 Å². The van der Waals surface area contributed by atoms with E-state index in [4.69, 9.17) is 9.15 Å². The van der Waals surface area contributed by atoms with Crippen LogP contribution in [0.3, 0.4) is 0 Å². The average Bonchev–Trinajstić information content (AvgIpc) is 2.76. The number of hydrogen-bond donors (Lipinski definition) is 0. The molecule has 0 bridgehead atoms. The van der Waals surface area contributed by atoms with E-state index in [1.807, 2.05) is 60.7 Å². The maximum absolute atomic E-state index is 5.78. The first-order valence-electron chi connectivity index (χ1n) is 9.41. The van der Waals surface area contributed by atoms with Gasteiger partial charge < -0.3 is 4.74 Å². The van der Waals surface area contributed by atoms with Crippen molar-refractivity contribution in [1.82, 2.24) is 0 Å². The summed E-state index contributed by atoms with van der Waals surface area (Å²) in [5.74, 6) is 1.98. The molecule has 2 heteroatoms. The molecule has 28 heavy (non-hydrogen) atoms. The van der Waals surface area contributed by atoms with Crippen LogP contribution in [0.25, 0.3) is 21.9 Å². The van der Waals surface area contributed by atoms with E-state index in [0.717, 1.165) is 39.9 Å². The number of rotatable bonds is 0. The van der Waals surface area contributed by atoms with Gasteiger partial charge in [0.15, 0.2) is 0 Å². The Balaban J connectivity index is 0.000000122. The molecule has 0 saturated heterocycles. The zero-order valence-electron chi connectivity index (χ0n) is 15.3. The van der Waals surface area contributed by atoms with Crippen molar-refractivity contribution in [3.8, 4) is 11.5 Å². The van der Waals surface area contributed by atoms with Crippen molar-refractivity contribution in [2.45, 2.75) is 6.42 Å². The summed E-state index contributed by atoms with van der Waals surface area (Å²) in [6.45, 7) is 0. The predicted octanol–water partition coefficient (Wildman–Crippen LogP) is 7.25. The lowest BCUT2D eigenvalue weighted by Gasteiger charge is -2.19. The van der Waals surface area contributed by atoms with Crippen molar-refractivity contribution in [3.05, 3.63) is 114 Å². The number of ether oxygens (including phenoxy) is 1. The second kappa shape index (κ2) is 7.16. The van der Waals surface area contributed by atoms with Gasteiger partial charge in [-0.25, -0.2) is 4.42 Å². The first kappa shape index (κ1) is 16.5. The molecule has 0 fully saturated rings. The standard InChI is InChI=1S/C13H10O.C13H9O/c2*1-3-7-12-10(5-1)9-11-6-2-4-8-13(11)14-12/h1-8H,9H2;1-9H/q;+1. The maximum Gasteiger partial charge on any atom is 0.360 e. The van der Waals surface area contributed by atoms with E-state index in [2.05, 4.69) is 42.5 Å². The fourth-order valence-corrected chi connectivity index (χ4v) is 3.49. The van der Waals surface area contributed by atoms with Crippen LogP contribution in [0.5, 0.6) is 11.5 Å². The lowest BCUT2D eigenvalue weighted by molar-refractivity contribution is 0.460. The van der Waals surface area contributed by atoms with E-state index in [9.17, 15) is 0 Å². The Labute approximate surface area is 163 Å². The molecule has 4 aromatic carbocycles. The van der Waals surface area contributed by atoms with Crippen molar-refractivity contribution in [1.29, 1.82) is 0 Å². The highest BCUT2D eigenvalue weighted by molar-refractivity contribution is 5.89. The minimum absolute atomic E-state index is 0.936. The molecule has 0 N–H and O–H groups in total. The maximum atomic E-state index is 5.78. The van der Waals surface area contributed by atoms with Crippen LogP contribution in [0.2, 0.25) is 0 Å². The molecule has 0 spiro atoms. The molecule has 1 aromatic heterocycles. The van der Waals surface area contributed by atoms with Crippen molar-refractivity contribution >= 4 is 21.9 Å². The summed E-state index contributed by atoms with van der Waals surface area (Å²) in [5, 5.41) is 2.29. The molecule has 0 radical (unpaired) electrons. The van der Waals surface area contributed by atoms with E-state index in [-0.39, 0.29) is 0 Å². The van der Waals surface area contributed by atoms with Gasteiger partial charge in [0.25, 0.3) is 0 Å². The molecule has 1 aliphatic heterocycles. The quantitative estimate of drug-likeness (QED) is 0.209. The number of para-hydroxylation sites is 4. The van der Waals surface area contributed by atoms with Gasteiger partial charge in [0.2, 0.25) is 0 Å². The molecule has 134 valence electrons. The first-order valence-corrected chi connectivity index (χ1v) is 9.41. The van der Waals surface area contributed by atoms with Gasteiger partial charge in [0.1, 0.15) is 11.5 Å². The summed E-state index contributed by atoms with van der Waals surface area (Å²) in [7, 11) is 0. The van der Waals surface area contributed by atoms with E-state index < -0.39 is 0 Å². The van der Waals surface area contributed by atoms with Gasteiger partial charge in [0.05, 0.1) is 10.8 Å². The minimum Gasteiger partial charge on any atom is -0.457 e. The molecule has 1 aliphatic rings. The molecule has 6 rings (SSSR count). The predicted molar refractivity (Wildman–Crippen MR) is 114 cm³/mol. The lowest BCUT2D eigenvalue weighted by Crippen LogP contribution is -2.01. The number of fused-ring (bicyclic) bond motifs is 4. The van der Waals surface area contributed by atoms with Crippen LogP contribution in [0.1, 0.15) is 11.1 Å². The van der Waals surface area contributed by atoms with Crippen LogP contribution in [0, 0.1) is 0 Å². The molecule has 2 nitrogen and oxygen atoms in total. The average molecular weight is 363 g/mol. The Morgan fingerprint density at radius 3 is 1.57 bits per heavy atom. The molecule has 0 unspecified atom stereocenters. The topological polar surface area (TPSA) is 20.5 Å². The molecule has 0 saturated carbocycles. The summed E-state index contributed by atoms with van der Waals surface area (Å²) in [4.78, 5) is 0. The van der Waals surface area contributed by atoms with Gasteiger partial charge >= 0.3 is 11.2 Å². The van der Waals surface area contributed by atoms with Crippen molar-refractivity contribution in [2.75, 3.05) is 0 Å². The zero-order valence-corrected chi connectivity index (χ0v) is 15.3. The molecular formula is C26H19O2+. The van der Waals surface area contributed by atoms with E-state index >= 15 is 0 Å². The third-order valence-corrected chi connectivity index (χ3v) is 4.91. The summed E-state index contributed by atoms with van der Waals surface area (Å²) >= 11 is 0. The van der Waals surface area contributed by atoms with Gasteiger partial charge in [-0.1, -0.05) is 60.7 Å². The Morgan fingerprint density at radius 1 is 0.536 bits per heavy atom. The van der Waals surface area contributed by atoms with Crippen LogP contribution >= 0.6 is 0 Å². The highest BCUT2D eigenvalue weighted by Gasteiger charge is 2.14. The van der Waals surface area contributed by atoms with Gasteiger partial charge in [-0.3, -0.25) is 0 Å². The third kappa shape index (κ3) is 3.21. The Hall–Kier alpha value is -3.65. The highest BCUT2D eigenvalue weighted by atomic mass is 16.5. The van der Waals surface area contributed by atoms with Crippen LogP contribution in [0.15, 0.2) is 108 Å². The van der Waals surface area contributed by atoms with Crippen LogP contribution < -0.4 is 4.74 Å². The smallest absolute Gasteiger partial charge is 0.360 e. The molecule has 0 atom stereocenters. The highest BCUT2D eigenvalue weighted by Crippen LogP contribution is 2.35. The summed E-state index contributed by atoms with van der Waals surface area (Å²) in [5.41, 5.74) is 4.41. The third-order valence-electron chi connectivity index (χ3n) is 4.91. The van der Waals surface area contributed by atoms with Crippen molar-refractivity contribution in [2.24, 2.45) is 0 Å². The summed E-state index contributed by atoms with van der Waals surface area (Å²) < 4.78 is 11.5. The molecule has 2 heterocycles. The summed E-state index contributed by atoms with van der Waals surface area (Å²) in [6.07, 6.45) is 0.979. The van der Waals surface area contributed by atoms with Gasteiger partial charge in [-0.05, 0) is 41.5 Å². The number of benzene rings is 4. The fraction of sp³-hybridized carbons (Fsp3) is 0.0385. The molecule has 5 aromatic rings. The van der Waals surface area contributed by atoms with Crippen molar-refractivity contribution < 1.29 is 9.15 Å². The monoisotopic (exact) mass is 363 g/mol. The van der Waals surface area contributed by atoms with Gasteiger partial charge in [-0.15, -0.1) is 0 Å². The largest absolute Gasteiger partial charge is 0.457 e. The Morgan fingerprint density at radius 2 is 1.00 bits per heavy atom. The van der Waals surface area contributed by atoms with Crippen LogP contribution in [0.4, 0.5) is 0 Å². The first-order chi connectivity index (χ1) is 13.9. The van der Waals surface area contributed by atoms with Crippen LogP contribution in [-0.2, 0) is 6.42 Å². The molecule has 0 amide bonds. The summed E-state index contributed by atoms with van der Waals surface area (Å²) in [6, 6.07) is 34.6. The number of hydrogen-bond acceptors (Lipinski definition) is 1. The van der Waals surface area contributed by atoms with Gasteiger partial charge in [0, 0.05) is 18.6 Å². The van der Waals surface area contributed by atoms with Crippen molar-refractivity contribution in [3.63, 3.8) is 0 Å². The minimum atomic E-state index is 0.936. The van der Waals surface area contributed by atoms with E-state index in [1.165, 1.54) is 11.1 Å². The normalized spacial score (nSPS) is 11.7. The Bertz CT molecular complexity index is 1080. The zero-order chi connectivity index (χ0) is 18.8. The second-order valence-electron chi connectivity index (χ2n) is 6.82. The van der Waals surface area contributed by atoms with Crippen LogP contribution in [-0.4, -0.2) is 0 Å². The fourth-order valence-electron chi connectivity index (χ4n) is 3.49. The molecule has 0 aliphatic carbocycles. The van der Waals surface area contributed by atoms with E-state index in [0.29, 0.717) is 0 Å². The van der Waals surface area contributed by atoms with Gasteiger partial charge in [-0.2, -0.15) is 0 Å². The SMILES string of the molecule is c1ccc2[o+]c3ccccc3cc2c1.c1ccc2c(c1)Cc1ccccc1O2. The lowest BCUT2D eigenvalue weighted by atomic mass is 10.0. The molecular weight excluding hydrogens is 344 g/mol. The second-order valence-corrected chi connectivity index (χ2v) is 6.82.